The standard InChI is InChI=1S/C11H10BrFO5/c1-16-11(15)9(14)7-5(12)4-6-10(8(7)13)18-3-2-17-6/h4,9,14H,2-3H2,1H3. The average molecular weight is 321 g/mol. The third-order valence-corrected chi connectivity index (χ3v) is 3.12. The molecule has 0 fully saturated rings. The van der Waals surface area contributed by atoms with E-state index in [2.05, 4.69) is 20.7 Å². The van der Waals surface area contributed by atoms with Gasteiger partial charge in [0.2, 0.25) is 0 Å². The van der Waals surface area contributed by atoms with Gasteiger partial charge in [0.05, 0.1) is 7.11 Å². The minimum Gasteiger partial charge on any atom is -0.486 e. The summed E-state index contributed by atoms with van der Waals surface area (Å²) >= 11 is 3.08. The van der Waals surface area contributed by atoms with Crippen LogP contribution in [0.5, 0.6) is 11.5 Å². The molecule has 0 saturated carbocycles. The predicted molar refractivity (Wildman–Crippen MR) is 62.1 cm³/mol. The van der Waals surface area contributed by atoms with E-state index in [1.807, 2.05) is 0 Å². The van der Waals surface area contributed by atoms with Crippen LogP contribution in [0.1, 0.15) is 11.7 Å². The first-order chi connectivity index (χ1) is 8.56. The van der Waals surface area contributed by atoms with Crippen LogP contribution in [0.4, 0.5) is 4.39 Å². The number of aliphatic hydroxyl groups is 1. The average Bonchev–Trinajstić information content (AvgIpc) is 2.37. The number of halogens is 2. The number of carbonyl (C=O) groups excluding carboxylic acids is 1. The van der Waals surface area contributed by atoms with Crippen LogP contribution >= 0.6 is 15.9 Å². The Morgan fingerprint density at radius 2 is 2.22 bits per heavy atom. The second-order valence-electron chi connectivity index (χ2n) is 3.54. The molecule has 1 aliphatic rings. The highest BCUT2D eigenvalue weighted by atomic mass is 79.9. The lowest BCUT2D eigenvalue weighted by molar-refractivity contribution is -0.150. The molecule has 0 aromatic heterocycles. The van der Waals surface area contributed by atoms with Gasteiger partial charge >= 0.3 is 5.97 Å². The summed E-state index contributed by atoms with van der Waals surface area (Å²) < 4.78 is 29.1. The summed E-state index contributed by atoms with van der Waals surface area (Å²) in [6.45, 7) is 0.525. The van der Waals surface area contributed by atoms with E-state index in [4.69, 9.17) is 9.47 Å². The number of hydrogen-bond acceptors (Lipinski definition) is 5. The summed E-state index contributed by atoms with van der Waals surface area (Å²) in [5.74, 6) is -1.67. The normalized spacial score (nSPS) is 15.1. The van der Waals surface area contributed by atoms with Gasteiger partial charge in [-0.25, -0.2) is 9.18 Å². The summed E-state index contributed by atoms with van der Waals surface area (Å²) in [4.78, 5) is 11.3. The summed E-state index contributed by atoms with van der Waals surface area (Å²) in [5, 5.41) is 9.71. The third kappa shape index (κ3) is 2.15. The minimum absolute atomic E-state index is 0.109. The Kier molecular flexibility index (Phi) is 3.72. The van der Waals surface area contributed by atoms with E-state index in [0.717, 1.165) is 7.11 Å². The highest BCUT2D eigenvalue weighted by molar-refractivity contribution is 9.10. The van der Waals surface area contributed by atoms with E-state index >= 15 is 0 Å². The van der Waals surface area contributed by atoms with Crippen molar-refractivity contribution in [3.05, 3.63) is 21.9 Å². The van der Waals surface area contributed by atoms with Crippen molar-refractivity contribution >= 4 is 21.9 Å². The Morgan fingerprint density at radius 1 is 1.56 bits per heavy atom. The first-order valence-corrected chi connectivity index (χ1v) is 5.89. The summed E-state index contributed by atoms with van der Waals surface area (Å²) in [7, 11) is 1.11. The molecule has 1 aromatic carbocycles. The number of benzene rings is 1. The number of methoxy groups -OCH3 is 1. The molecule has 1 atom stereocenters. The fourth-order valence-electron chi connectivity index (χ4n) is 1.61. The van der Waals surface area contributed by atoms with E-state index in [1.54, 1.807) is 0 Å². The molecule has 2 rings (SSSR count). The van der Waals surface area contributed by atoms with Gasteiger partial charge in [0, 0.05) is 10.0 Å². The SMILES string of the molecule is COC(=O)C(O)c1c(Br)cc2c(c1F)OCCO2. The van der Waals surface area contributed by atoms with Gasteiger partial charge in [0.25, 0.3) is 0 Å². The highest BCUT2D eigenvalue weighted by Crippen LogP contribution is 2.41. The van der Waals surface area contributed by atoms with Gasteiger partial charge in [-0.05, 0) is 6.07 Å². The lowest BCUT2D eigenvalue weighted by atomic mass is 10.1. The maximum absolute atomic E-state index is 14.2. The van der Waals surface area contributed by atoms with Crippen molar-refractivity contribution in [2.45, 2.75) is 6.10 Å². The largest absolute Gasteiger partial charge is 0.486 e. The van der Waals surface area contributed by atoms with E-state index in [9.17, 15) is 14.3 Å². The van der Waals surface area contributed by atoms with Crippen molar-refractivity contribution in [1.29, 1.82) is 0 Å². The Bertz CT molecular complexity index is 491. The summed E-state index contributed by atoms with van der Waals surface area (Å²) in [6, 6.07) is 1.44. The van der Waals surface area contributed by atoms with Crippen LogP contribution in [-0.4, -0.2) is 31.4 Å². The molecule has 0 radical (unpaired) electrons. The van der Waals surface area contributed by atoms with Gasteiger partial charge < -0.3 is 19.3 Å². The van der Waals surface area contributed by atoms with Crippen LogP contribution in [0, 0.1) is 5.82 Å². The quantitative estimate of drug-likeness (QED) is 0.838. The Balaban J connectivity index is 2.51. The number of carbonyl (C=O) groups is 1. The molecule has 1 aromatic rings. The molecule has 7 heteroatoms. The zero-order chi connectivity index (χ0) is 13.3. The van der Waals surface area contributed by atoms with Crippen molar-refractivity contribution in [1.82, 2.24) is 0 Å². The summed E-state index contributed by atoms with van der Waals surface area (Å²) in [6.07, 6.45) is -1.72. The molecule has 0 bridgehead atoms. The number of ether oxygens (including phenoxy) is 3. The second kappa shape index (κ2) is 5.11. The molecule has 0 saturated heterocycles. The molecule has 5 nitrogen and oxygen atoms in total. The molecule has 1 heterocycles. The zero-order valence-corrected chi connectivity index (χ0v) is 11.0. The molecule has 0 spiro atoms. The van der Waals surface area contributed by atoms with Gasteiger partial charge in [0.1, 0.15) is 13.2 Å². The number of rotatable bonds is 2. The monoisotopic (exact) mass is 320 g/mol. The van der Waals surface area contributed by atoms with Gasteiger partial charge in [-0.2, -0.15) is 0 Å². The van der Waals surface area contributed by atoms with Crippen molar-refractivity contribution in [2.24, 2.45) is 0 Å². The maximum atomic E-state index is 14.2. The van der Waals surface area contributed by atoms with Crippen molar-refractivity contribution in [3.8, 4) is 11.5 Å². The Labute approximate surface area is 111 Å². The summed E-state index contributed by atoms with van der Waals surface area (Å²) in [5.41, 5.74) is -0.230. The van der Waals surface area contributed by atoms with Crippen molar-refractivity contribution in [3.63, 3.8) is 0 Å². The molecule has 18 heavy (non-hydrogen) atoms. The number of esters is 1. The lowest BCUT2D eigenvalue weighted by Gasteiger charge is -2.22. The molecule has 0 amide bonds. The van der Waals surface area contributed by atoms with Gasteiger partial charge in [0.15, 0.2) is 23.4 Å². The molecule has 1 N–H and O–H groups in total. The van der Waals surface area contributed by atoms with E-state index in [1.165, 1.54) is 6.07 Å². The van der Waals surface area contributed by atoms with Crippen LogP contribution in [0.25, 0.3) is 0 Å². The highest BCUT2D eigenvalue weighted by Gasteiger charge is 2.30. The van der Waals surface area contributed by atoms with E-state index < -0.39 is 17.9 Å². The molecule has 1 aliphatic heterocycles. The van der Waals surface area contributed by atoms with Crippen LogP contribution in [-0.2, 0) is 9.53 Å². The fraction of sp³-hybridized carbons (Fsp3) is 0.364. The molecule has 1 unspecified atom stereocenters. The minimum atomic E-state index is -1.72. The molecular formula is C11H10BrFO5. The van der Waals surface area contributed by atoms with Gasteiger partial charge in [-0.15, -0.1) is 0 Å². The fourth-order valence-corrected chi connectivity index (χ4v) is 2.21. The third-order valence-electron chi connectivity index (χ3n) is 2.46. The van der Waals surface area contributed by atoms with Gasteiger partial charge in [-0.1, -0.05) is 15.9 Å². The lowest BCUT2D eigenvalue weighted by Crippen LogP contribution is -2.20. The second-order valence-corrected chi connectivity index (χ2v) is 4.39. The Hall–Kier alpha value is -1.34. The first kappa shape index (κ1) is 13.1. The predicted octanol–water partition coefficient (Wildman–Crippen LogP) is 1.57. The molecule has 98 valence electrons. The number of hydrogen-bond donors (Lipinski definition) is 1. The molecular weight excluding hydrogens is 311 g/mol. The van der Waals surface area contributed by atoms with Crippen molar-refractivity contribution in [2.75, 3.05) is 20.3 Å². The smallest absolute Gasteiger partial charge is 0.339 e. The van der Waals surface area contributed by atoms with Crippen molar-refractivity contribution < 1.29 is 28.5 Å². The van der Waals surface area contributed by atoms with Crippen LogP contribution in [0.2, 0.25) is 0 Å². The van der Waals surface area contributed by atoms with Crippen LogP contribution in [0.3, 0.4) is 0 Å². The maximum Gasteiger partial charge on any atom is 0.339 e. The first-order valence-electron chi connectivity index (χ1n) is 5.09. The Morgan fingerprint density at radius 3 is 2.89 bits per heavy atom. The van der Waals surface area contributed by atoms with E-state index in [-0.39, 0.29) is 28.1 Å². The topological polar surface area (TPSA) is 65.0 Å². The van der Waals surface area contributed by atoms with Crippen LogP contribution < -0.4 is 9.47 Å². The van der Waals surface area contributed by atoms with Crippen LogP contribution in [0.15, 0.2) is 10.5 Å². The van der Waals surface area contributed by atoms with E-state index in [0.29, 0.717) is 6.61 Å². The zero-order valence-electron chi connectivity index (χ0n) is 9.41. The van der Waals surface area contributed by atoms with Gasteiger partial charge in [-0.3, -0.25) is 0 Å². The number of fused-ring (bicyclic) bond motifs is 1. The number of aliphatic hydroxyl groups excluding tert-OH is 1. The molecule has 0 aliphatic carbocycles.